The Bertz CT molecular complexity index is 1850. The number of hydrogen-bond acceptors (Lipinski definition) is 7. The largest absolute Gasteiger partial charge is 0.493 e. The molecule has 46 heavy (non-hydrogen) atoms. The number of aryl methyl sites for hydroxylation is 2. The van der Waals surface area contributed by atoms with Gasteiger partial charge in [0, 0.05) is 32.8 Å². The van der Waals surface area contributed by atoms with Crippen molar-refractivity contribution in [2.45, 2.75) is 20.5 Å². The second-order valence-corrected chi connectivity index (χ2v) is 11.0. The maximum absolute atomic E-state index is 13.2. The number of ether oxygens (including phenoxy) is 3. The number of anilines is 1. The molecule has 0 bridgehead atoms. The molecule has 0 fully saturated rings. The first-order chi connectivity index (χ1) is 22.2. The van der Waals surface area contributed by atoms with Crippen LogP contribution in [0.1, 0.15) is 33.3 Å². The molecule has 0 aliphatic rings. The van der Waals surface area contributed by atoms with E-state index < -0.39 is 17.6 Å². The average Bonchev–Trinajstić information content (AvgIpc) is 3.66. The third-order valence-corrected chi connectivity index (χ3v) is 7.20. The first kappa shape index (κ1) is 32.0. The van der Waals surface area contributed by atoms with Gasteiger partial charge in [-0.05, 0) is 98.8 Å². The molecule has 5 aromatic rings. The summed E-state index contributed by atoms with van der Waals surface area (Å²) in [6.45, 7) is 3.88. The van der Waals surface area contributed by atoms with Gasteiger partial charge in [-0.2, -0.15) is 5.10 Å². The Morgan fingerprint density at radius 1 is 0.957 bits per heavy atom. The van der Waals surface area contributed by atoms with E-state index in [2.05, 4.69) is 62.3 Å². The minimum Gasteiger partial charge on any atom is -0.493 e. The van der Waals surface area contributed by atoms with Crippen LogP contribution in [0, 0.1) is 19.7 Å². The van der Waals surface area contributed by atoms with Crippen LogP contribution in [0.3, 0.4) is 0 Å². The molecule has 0 aliphatic carbocycles. The summed E-state index contributed by atoms with van der Waals surface area (Å²) >= 11 is 3.41. The molecule has 0 unspecified atom stereocenters. The fourth-order valence-electron chi connectivity index (χ4n) is 4.57. The number of aromatic nitrogens is 1. The minimum atomic E-state index is -0.576. The third kappa shape index (κ3) is 8.02. The number of methoxy groups -OCH3 is 1. The molecule has 5 rings (SSSR count). The van der Waals surface area contributed by atoms with Crippen LogP contribution in [-0.4, -0.2) is 36.3 Å². The molecule has 0 aliphatic heterocycles. The van der Waals surface area contributed by atoms with Crippen molar-refractivity contribution >= 4 is 39.6 Å². The standard InChI is InChI=1S/C34H30BrFN4O6/c1-21-4-5-22(2)40(21)27-10-12-28(13-11-27)44-19-29-14-15-30(46-29)34(42)39-37-18-23-16-24(35)17-31(43-3)33(23)45-20-32(41)38-26-8-6-25(36)7-9-26/h4-18H,19-20H2,1-3H3,(H,38,41)(H,39,42). The lowest BCUT2D eigenvalue weighted by molar-refractivity contribution is -0.118. The summed E-state index contributed by atoms with van der Waals surface area (Å²) in [5.74, 6) is 0.263. The lowest BCUT2D eigenvalue weighted by atomic mass is 10.2. The van der Waals surface area contributed by atoms with Gasteiger partial charge in [-0.3, -0.25) is 9.59 Å². The van der Waals surface area contributed by atoms with Crippen LogP contribution in [0.2, 0.25) is 0 Å². The van der Waals surface area contributed by atoms with Crippen LogP contribution in [-0.2, 0) is 11.4 Å². The second kappa shape index (κ2) is 14.6. The van der Waals surface area contributed by atoms with Crippen molar-refractivity contribution in [3.8, 4) is 22.9 Å². The summed E-state index contributed by atoms with van der Waals surface area (Å²) in [5, 5.41) is 6.66. The number of rotatable bonds is 12. The van der Waals surface area contributed by atoms with Gasteiger partial charge < -0.3 is 28.5 Å². The quantitative estimate of drug-likeness (QED) is 0.108. The Labute approximate surface area is 272 Å². The van der Waals surface area contributed by atoms with Crippen molar-refractivity contribution < 1.29 is 32.6 Å². The van der Waals surface area contributed by atoms with Crippen molar-refractivity contribution in [2.24, 2.45) is 5.10 Å². The van der Waals surface area contributed by atoms with Crippen molar-refractivity contribution in [2.75, 3.05) is 19.0 Å². The van der Waals surface area contributed by atoms with Crippen LogP contribution in [0.5, 0.6) is 17.2 Å². The summed E-state index contributed by atoms with van der Waals surface area (Å²) in [7, 11) is 1.45. The van der Waals surface area contributed by atoms with Gasteiger partial charge in [-0.25, -0.2) is 9.82 Å². The van der Waals surface area contributed by atoms with Crippen molar-refractivity contribution in [3.05, 3.63) is 124 Å². The molecule has 0 saturated carbocycles. The van der Waals surface area contributed by atoms with E-state index in [0.29, 0.717) is 33.0 Å². The predicted molar refractivity (Wildman–Crippen MR) is 175 cm³/mol. The maximum atomic E-state index is 13.2. The highest BCUT2D eigenvalue weighted by atomic mass is 79.9. The summed E-state index contributed by atoms with van der Waals surface area (Å²) in [6.07, 6.45) is 1.35. The molecule has 2 heterocycles. The average molecular weight is 690 g/mol. The topological polar surface area (TPSA) is 116 Å². The number of nitrogens with zero attached hydrogens (tertiary/aromatic N) is 2. The van der Waals surface area contributed by atoms with Crippen molar-refractivity contribution in [1.82, 2.24) is 9.99 Å². The molecule has 2 N–H and O–H groups in total. The third-order valence-electron chi connectivity index (χ3n) is 6.75. The van der Waals surface area contributed by atoms with E-state index in [1.807, 2.05) is 24.3 Å². The molecule has 0 spiro atoms. The Hall–Kier alpha value is -5.36. The Morgan fingerprint density at radius 2 is 1.67 bits per heavy atom. The van der Waals surface area contributed by atoms with Gasteiger partial charge in [0.15, 0.2) is 23.9 Å². The van der Waals surface area contributed by atoms with E-state index in [0.717, 1.165) is 17.1 Å². The highest BCUT2D eigenvalue weighted by Gasteiger charge is 2.15. The van der Waals surface area contributed by atoms with Gasteiger partial charge in [-0.15, -0.1) is 0 Å². The Kier molecular flexibility index (Phi) is 10.2. The van der Waals surface area contributed by atoms with Crippen LogP contribution in [0.25, 0.3) is 5.69 Å². The monoisotopic (exact) mass is 688 g/mol. The normalized spacial score (nSPS) is 11.0. The summed E-state index contributed by atoms with van der Waals surface area (Å²) < 4.78 is 38.6. The highest BCUT2D eigenvalue weighted by molar-refractivity contribution is 9.10. The molecular weight excluding hydrogens is 659 g/mol. The molecule has 12 heteroatoms. The van der Waals surface area contributed by atoms with Gasteiger partial charge in [0.1, 0.15) is 23.9 Å². The first-order valence-electron chi connectivity index (χ1n) is 14.1. The number of nitrogens with one attached hydrogen (secondary N) is 2. The summed E-state index contributed by atoms with van der Waals surface area (Å²) in [6, 6.07) is 23.7. The summed E-state index contributed by atoms with van der Waals surface area (Å²) in [5.41, 5.74) is 6.59. The fraction of sp³-hybridized carbons (Fsp3) is 0.147. The highest BCUT2D eigenvalue weighted by Crippen LogP contribution is 2.34. The molecule has 2 amide bonds. The van der Waals surface area contributed by atoms with Crippen LogP contribution < -0.4 is 25.0 Å². The van der Waals surface area contributed by atoms with Gasteiger partial charge >= 0.3 is 5.91 Å². The Morgan fingerprint density at radius 3 is 2.37 bits per heavy atom. The van der Waals surface area contributed by atoms with E-state index in [9.17, 15) is 14.0 Å². The Balaban J connectivity index is 1.17. The first-order valence-corrected chi connectivity index (χ1v) is 14.9. The molecule has 236 valence electrons. The van der Waals surface area contributed by atoms with Gasteiger partial charge in [-0.1, -0.05) is 15.9 Å². The number of carbonyl (C=O) groups is 2. The molecule has 0 saturated heterocycles. The van der Waals surface area contributed by atoms with Gasteiger partial charge in [0.05, 0.1) is 13.3 Å². The van der Waals surface area contributed by atoms with E-state index in [4.69, 9.17) is 18.6 Å². The summed E-state index contributed by atoms with van der Waals surface area (Å²) in [4.78, 5) is 25.1. The van der Waals surface area contributed by atoms with Crippen molar-refractivity contribution in [1.29, 1.82) is 0 Å². The van der Waals surface area contributed by atoms with Crippen LogP contribution in [0.15, 0.2) is 98.9 Å². The fourth-order valence-corrected chi connectivity index (χ4v) is 5.03. The maximum Gasteiger partial charge on any atom is 0.307 e. The number of carbonyl (C=O) groups excluding carboxylic acids is 2. The zero-order chi connectivity index (χ0) is 32.6. The lowest BCUT2D eigenvalue weighted by Crippen LogP contribution is -2.21. The number of benzene rings is 3. The smallest absolute Gasteiger partial charge is 0.307 e. The van der Waals surface area contributed by atoms with E-state index >= 15 is 0 Å². The number of hydrazone groups is 1. The molecule has 3 aromatic carbocycles. The van der Waals surface area contributed by atoms with E-state index in [-0.39, 0.29) is 24.7 Å². The molecular formula is C34H30BrFN4O6. The van der Waals surface area contributed by atoms with Gasteiger partial charge in [0.2, 0.25) is 0 Å². The molecule has 0 atom stereocenters. The molecule has 10 nitrogen and oxygen atoms in total. The zero-order valence-corrected chi connectivity index (χ0v) is 26.8. The number of furan rings is 1. The zero-order valence-electron chi connectivity index (χ0n) is 25.2. The van der Waals surface area contributed by atoms with Gasteiger partial charge in [0.25, 0.3) is 5.91 Å². The van der Waals surface area contributed by atoms with Crippen LogP contribution in [0.4, 0.5) is 10.1 Å². The number of amides is 2. The predicted octanol–water partition coefficient (Wildman–Crippen LogP) is 6.96. The second-order valence-electron chi connectivity index (χ2n) is 10.1. The van der Waals surface area contributed by atoms with E-state index in [1.54, 1.807) is 18.2 Å². The molecule has 0 radical (unpaired) electrons. The SMILES string of the molecule is COc1cc(Br)cc(C=NNC(=O)c2ccc(COc3ccc(-n4c(C)ccc4C)cc3)o2)c1OCC(=O)Nc1ccc(F)cc1. The van der Waals surface area contributed by atoms with E-state index in [1.165, 1.54) is 43.7 Å². The number of hydrogen-bond donors (Lipinski definition) is 2. The molecule has 2 aromatic heterocycles. The van der Waals surface area contributed by atoms with Crippen LogP contribution >= 0.6 is 15.9 Å². The number of halogens is 2. The minimum absolute atomic E-state index is 0.0467. The van der Waals surface area contributed by atoms with Crippen molar-refractivity contribution in [3.63, 3.8) is 0 Å². The lowest BCUT2D eigenvalue weighted by Gasteiger charge is -2.14.